The van der Waals surface area contributed by atoms with Crippen LogP contribution < -0.4 is 10.6 Å². The van der Waals surface area contributed by atoms with Gasteiger partial charge in [0, 0.05) is 34.3 Å². The zero-order valence-corrected chi connectivity index (χ0v) is 19.6. The number of carbonyl (C=O) groups excluding carboxylic acids is 2. The fourth-order valence-electron chi connectivity index (χ4n) is 3.36. The van der Waals surface area contributed by atoms with E-state index in [0.29, 0.717) is 28.3 Å². The second-order valence-corrected chi connectivity index (χ2v) is 8.31. The number of para-hydroxylation sites is 1. The molecular weight excluding hydrogens is 515 g/mol. The number of hydrogen-bond donors (Lipinski definition) is 3. The fraction of sp³-hybridized carbons (Fsp3) is 0.160. The smallest absolute Gasteiger partial charge is 0.257 e. The van der Waals surface area contributed by atoms with E-state index in [1.165, 1.54) is 5.56 Å². The van der Waals surface area contributed by atoms with E-state index in [2.05, 4.69) is 33.2 Å². The Morgan fingerprint density at radius 2 is 1.50 bits per heavy atom. The van der Waals surface area contributed by atoms with Crippen molar-refractivity contribution in [1.82, 2.24) is 4.90 Å². The highest BCUT2D eigenvalue weighted by atomic mass is 127. The third kappa shape index (κ3) is 4.99. The molecule has 162 valence electrons. The number of amides is 2. The summed E-state index contributed by atoms with van der Waals surface area (Å²) >= 11 is 2.29. The van der Waals surface area contributed by atoms with Gasteiger partial charge in [0.1, 0.15) is 5.84 Å². The predicted molar refractivity (Wildman–Crippen MR) is 136 cm³/mol. The van der Waals surface area contributed by atoms with Gasteiger partial charge in [0.15, 0.2) is 0 Å². The Labute approximate surface area is 200 Å². The topological polar surface area (TPSA) is 85.3 Å². The molecule has 0 aliphatic carbocycles. The molecule has 0 spiro atoms. The minimum Gasteiger partial charge on any atom is -0.356 e. The molecule has 3 N–H and O–H groups in total. The summed E-state index contributed by atoms with van der Waals surface area (Å²) in [5, 5.41) is 13.9. The minimum atomic E-state index is -0.307. The summed E-state index contributed by atoms with van der Waals surface area (Å²) in [6.45, 7) is 1.81. The molecule has 0 saturated carbocycles. The number of carbonyl (C=O) groups is 2. The Balaban J connectivity index is 1.45. The van der Waals surface area contributed by atoms with Crippen molar-refractivity contribution in [3.8, 4) is 0 Å². The maximum atomic E-state index is 12.8. The van der Waals surface area contributed by atoms with Gasteiger partial charge in [-0.15, -0.1) is 0 Å². The second kappa shape index (κ2) is 9.95. The summed E-state index contributed by atoms with van der Waals surface area (Å²) in [6.07, 6.45) is 1.11. The van der Waals surface area contributed by atoms with Gasteiger partial charge in [-0.3, -0.25) is 15.0 Å². The summed E-state index contributed by atoms with van der Waals surface area (Å²) in [6, 6.07) is 21.6. The number of amidine groups is 1. The first kappa shape index (κ1) is 22.0. The largest absolute Gasteiger partial charge is 0.356 e. The number of hydrogen-bond acceptors (Lipinski definition) is 3. The molecule has 1 saturated heterocycles. The van der Waals surface area contributed by atoms with E-state index in [9.17, 15) is 9.59 Å². The van der Waals surface area contributed by atoms with Crippen LogP contribution in [0.2, 0.25) is 0 Å². The summed E-state index contributed by atoms with van der Waals surface area (Å²) < 4.78 is 0.904. The maximum Gasteiger partial charge on any atom is 0.257 e. The van der Waals surface area contributed by atoms with Crippen LogP contribution in [0, 0.1) is 5.41 Å². The van der Waals surface area contributed by atoms with Crippen LogP contribution in [-0.2, 0) is 4.43 Å². The monoisotopic (exact) mass is 538 g/mol. The Bertz CT molecular complexity index is 1140. The van der Waals surface area contributed by atoms with Gasteiger partial charge in [0.25, 0.3) is 11.8 Å². The number of alkyl halides is 1. The molecule has 3 aromatic rings. The Kier molecular flexibility index (Phi) is 6.84. The number of nitrogens with zero attached hydrogens (tertiary/aromatic N) is 1. The molecule has 0 aromatic heterocycles. The highest BCUT2D eigenvalue weighted by Crippen LogP contribution is 2.20. The zero-order chi connectivity index (χ0) is 22.5. The first-order valence-electron chi connectivity index (χ1n) is 10.4. The van der Waals surface area contributed by atoms with Crippen LogP contribution >= 0.6 is 22.6 Å². The van der Waals surface area contributed by atoms with Gasteiger partial charge in [-0.25, -0.2) is 0 Å². The van der Waals surface area contributed by atoms with Crippen molar-refractivity contribution in [2.45, 2.75) is 10.8 Å². The van der Waals surface area contributed by atoms with Crippen molar-refractivity contribution in [2.24, 2.45) is 0 Å². The molecule has 2 amide bonds. The molecule has 0 atom stereocenters. The standard InChI is InChI=1S/C25H23IN4O2/c26-16-17-6-12-20(13-7-17)28-25(32)21-4-1-2-5-22(21)29-24(31)19-10-8-18(9-11-19)23(27)30-14-3-15-30/h1-2,4-13,27H,3,14-16H2,(H,28,32)(H,29,31). The van der Waals surface area contributed by atoms with Crippen LogP contribution in [0.15, 0.2) is 72.8 Å². The van der Waals surface area contributed by atoms with E-state index in [0.717, 1.165) is 29.5 Å². The maximum absolute atomic E-state index is 12.8. The molecule has 0 bridgehead atoms. The molecule has 0 radical (unpaired) electrons. The van der Waals surface area contributed by atoms with Gasteiger partial charge in [0.05, 0.1) is 11.3 Å². The van der Waals surface area contributed by atoms with Crippen LogP contribution in [0.5, 0.6) is 0 Å². The minimum absolute atomic E-state index is 0.290. The molecule has 32 heavy (non-hydrogen) atoms. The van der Waals surface area contributed by atoms with Gasteiger partial charge in [-0.1, -0.05) is 59.0 Å². The molecule has 4 rings (SSSR count). The van der Waals surface area contributed by atoms with Crippen LogP contribution in [0.3, 0.4) is 0 Å². The quantitative estimate of drug-likeness (QED) is 0.176. The van der Waals surface area contributed by atoms with Crippen molar-refractivity contribution in [3.05, 3.63) is 95.1 Å². The predicted octanol–water partition coefficient (Wildman–Crippen LogP) is 5.16. The number of anilines is 2. The van der Waals surface area contributed by atoms with E-state index in [4.69, 9.17) is 5.41 Å². The van der Waals surface area contributed by atoms with Crippen molar-refractivity contribution in [1.29, 1.82) is 5.41 Å². The molecule has 6 nitrogen and oxygen atoms in total. The second-order valence-electron chi connectivity index (χ2n) is 7.55. The van der Waals surface area contributed by atoms with Crippen LogP contribution in [-0.4, -0.2) is 35.6 Å². The van der Waals surface area contributed by atoms with Crippen molar-refractivity contribution < 1.29 is 9.59 Å². The zero-order valence-electron chi connectivity index (χ0n) is 17.4. The molecule has 1 heterocycles. The van der Waals surface area contributed by atoms with E-state index in [-0.39, 0.29) is 11.8 Å². The lowest BCUT2D eigenvalue weighted by Gasteiger charge is -2.33. The summed E-state index contributed by atoms with van der Waals surface area (Å²) in [4.78, 5) is 27.6. The lowest BCUT2D eigenvalue weighted by molar-refractivity contribution is 0.102. The Hall–Kier alpha value is -3.20. The third-order valence-electron chi connectivity index (χ3n) is 5.38. The van der Waals surface area contributed by atoms with E-state index >= 15 is 0 Å². The van der Waals surface area contributed by atoms with Crippen molar-refractivity contribution >= 4 is 51.6 Å². The SMILES string of the molecule is N=C(c1ccc(C(=O)Nc2ccccc2C(=O)Nc2ccc(CI)cc2)cc1)N1CCC1. The lowest BCUT2D eigenvalue weighted by Crippen LogP contribution is -2.42. The van der Waals surface area contributed by atoms with Gasteiger partial charge in [-0.05, 0) is 48.4 Å². The summed E-state index contributed by atoms with van der Waals surface area (Å²) in [5.41, 5.74) is 3.96. The number of rotatable bonds is 6. The van der Waals surface area contributed by atoms with Crippen LogP contribution in [0.25, 0.3) is 0 Å². The molecule has 0 unspecified atom stereocenters. The summed E-state index contributed by atoms with van der Waals surface area (Å²) in [5.74, 6) is -0.114. The lowest BCUT2D eigenvalue weighted by atomic mass is 10.1. The van der Waals surface area contributed by atoms with E-state index < -0.39 is 0 Å². The molecule has 1 aliphatic heterocycles. The van der Waals surface area contributed by atoms with Crippen LogP contribution in [0.4, 0.5) is 11.4 Å². The van der Waals surface area contributed by atoms with Gasteiger partial charge >= 0.3 is 0 Å². The molecule has 7 heteroatoms. The number of halogens is 1. The fourth-order valence-corrected chi connectivity index (χ4v) is 3.87. The third-order valence-corrected chi connectivity index (χ3v) is 6.26. The highest BCUT2D eigenvalue weighted by molar-refractivity contribution is 14.1. The normalized spacial score (nSPS) is 12.6. The van der Waals surface area contributed by atoms with Gasteiger partial charge < -0.3 is 15.5 Å². The average molecular weight is 538 g/mol. The van der Waals surface area contributed by atoms with Crippen LogP contribution in [0.1, 0.15) is 38.3 Å². The van der Waals surface area contributed by atoms with Gasteiger partial charge in [0.2, 0.25) is 0 Å². The first-order valence-corrected chi connectivity index (χ1v) is 11.9. The Morgan fingerprint density at radius 1 is 0.844 bits per heavy atom. The highest BCUT2D eigenvalue weighted by Gasteiger charge is 2.19. The molecule has 1 fully saturated rings. The van der Waals surface area contributed by atoms with Gasteiger partial charge in [-0.2, -0.15) is 0 Å². The van der Waals surface area contributed by atoms with E-state index in [1.807, 2.05) is 29.2 Å². The molecule has 3 aromatic carbocycles. The van der Waals surface area contributed by atoms with E-state index in [1.54, 1.807) is 48.5 Å². The average Bonchev–Trinajstić information content (AvgIpc) is 2.79. The Morgan fingerprint density at radius 3 is 2.12 bits per heavy atom. The van der Waals surface area contributed by atoms with Crippen molar-refractivity contribution in [3.63, 3.8) is 0 Å². The first-order chi connectivity index (χ1) is 15.5. The molecular formula is C25H23IN4O2. The van der Waals surface area contributed by atoms with Crippen molar-refractivity contribution in [2.75, 3.05) is 23.7 Å². The number of likely N-dealkylation sites (tertiary alicyclic amines) is 1. The number of nitrogens with one attached hydrogen (secondary N) is 3. The number of benzene rings is 3. The molecule has 1 aliphatic rings. The summed E-state index contributed by atoms with van der Waals surface area (Å²) in [7, 11) is 0.